The van der Waals surface area contributed by atoms with Crippen molar-refractivity contribution in [3.8, 4) is 0 Å². The van der Waals surface area contributed by atoms with Crippen molar-refractivity contribution < 1.29 is 28.8 Å². The van der Waals surface area contributed by atoms with Crippen LogP contribution in [0.1, 0.15) is 6.92 Å². The Kier molecular flexibility index (Phi) is 2.86. The van der Waals surface area contributed by atoms with Crippen LogP contribution < -0.4 is 10.8 Å². The lowest BCUT2D eigenvalue weighted by molar-refractivity contribution is -0.460. The summed E-state index contributed by atoms with van der Waals surface area (Å²) in [6.07, 6.45) is -4.52. The molecular weight excluding hydrogens is 163 g/mol. The van der Waals surface area contributed by atoms with E-state index in [-0.39, 0.29) is 0 Å². The Bertz CT molecular complexity index is 156. The molecule has 0 spiro atoms. The van der Waals surface area contributed by atoms with E-state index in [0.29, 0.717) is 0 Å². The first-order chi connectivity index (χ1) is 4.76. The fourth-order valence-corrected chi connectivity index (χ4v) is 0.432. The van der Waals surface area contributed by atoms with E-state index in [1.165, 1.54) is 0 Å². The number of hydrogen-bond donors (Lipinski definition) is 1. The number of carbonyl (C=O) groups is 1. The standard InChI is InChI=1S/C5H8F3NO2/c1-2(5(6,7)8)3(9)4(10)11/h2-3H,9H2,1H3,(H,10,11)/t2-,3-/m1/s1. The van der Waals surface area contributed by atoms with Crippen LogP contribution in [0.15, 0.2) is 0 Å². The van der Waals surface area contributed by atoms with E-state index in [4.69, 9.17) is 0 Å². The number of halogens is 3. The first-order valence-electron chi connectivity index (χ1n) is 2.87. The van der Waals surface area contributed by atoms with Gasteiger partial charge >= 0.3 is 6.18 Å². The summed E-state index contributed by atoms with van der Waals surface area (Å²) in [7, 11) is 0. The van der Waals surface area contributed by atoms with Gasteiger partial charge in [-0.2, -0.15) is 13.2 Å². The first kappa shape index (κ1) is 10.2. The summed E-state index contributed by atoms with van der Waals surface area (Å²) in [6.45, 7) is 0.757. The van der Waals surface area contributed by atoms with E-state index in [1.807, 2.05) is 0 Å². The zero-order valence-corrected chi connectivity index (χ0v) is 5.81. The molecule has 0 saturated heterocycles. The van der Waals surface area contributed by atoms with Crippen molar-refractivity contribution >= 4 is 5.97 Å². The summed E-state index contributed by atoms with van der Waals surface area (Å²) in [5.41, 5.74) is 2.82. The van der Waals surface area contributed by atoms with Gasteiger partial charge in [-0.3, -0.25) is 0 Å². The van der Waals surface area contributed by atoms with Crippen LogP contribution in [-0.2, 0) is 4.79 Å². The Labute approximate surface area is 61.0 Å². The molecule has 0 aromatic carbocycles. The average molecular weight is 171 g/mol. The molecule has 0 fully saturated rings. The second-order valence-corrected chi connectivity index (χ2v) is 2.26. The van der Waals surface area contributed by atoms with Gasteiger partial charge in [0.2, 0.25) is 0 Å². The molecule has 66 valence electrons. The lowest BCUT2D eigenvalue weighted by Crippen LogP contribution is -2.72. The van der Waals surface area contributed by atoms with Crippen molar-refractivity contribution in [2.45, 2.75) is 19.1 Å². The van der Waals surface area contributed by atoms with Crippen LogP contribution in [0.4, 0.5) is 13.2 Å². The molecule has 0 heterocycles. The van der Waals surface area contributed by atoms with Crippen molar-refractivity contribution in [1.82, 2.24) is 0 Å². The van der Waals surface area contributed by atoms with E-state index < -0.39 is 24.1 Å². The molecule has 2 atom stereocenters. The van der Waals surface area contributed by atoms with Gasteiger partial charge in [0.25, 0.3) is 0 Å². The third kappa shape index (κ3) is 2.75. The van der Waals surface area contributed by atoms with Crippen LogP contribution in [0, 0.1) is 5.92 Å². The molecule has 0 radical (unpaired) electrons. The van der Waals surface area contributed by atoms with Crippen LogP contribution in [-0.4, -0.2) is 18.2 Å². The van der Waals surface area contributed by atoms with Gasteiger partial charge in [0.15, 0.2) is 0 Å². The third-order valence-electron chi connectivity index (χ3n) is 1.42. The third-order valence-corrected chi connectivity index (χ3v) is 1.42. The van der Waals surface area contributed by atoms with E-state index in [9.17, 15) is 23.1 Å². The number of carboxylic acids is 1. The van der Waals surface area contributed by atoms with Gasteiger partial charge in [0.05, 0.1) is 5.97 Å². The molecule has 3 N–H and O–H groups in total. The smallest absolute Gasteiger partial charge is 0.397 e. The highest BCUT2D eigenvalue weighted by Gasteiger charge is 2.42. The molecule has 0 saturated carbocycles. The topological polar surface area (TPSA) is 67.8 Å². The van der Waals surface area contributed by atoms with Gasteiger partial charge in [-0.25, -0.2) is 0 Å². The zero-order valence-electron chi connectivity index (χ0n) is 5.81. The average Bonchev–Trinajstić information content (AvgIpc) is 1.82. The normalized spacial score (nSPS) is 17.5. The highest BCUT2D eigenvalue weighted by Crippen LogP contribution is 2.26. The van der Waals surface area contributed by atoms with Crippen LogP contribution in [0.2, 0.25) is 0 Å². The molecule has 0 aromatic rings. The molecule has 0 aliphatic carbocycles. The summed E-state index contributed by atoms with van der Waals surface area (Å²) in [6, 6.07) is -1.74. The summed E-state index contributed by atoms with van der Waals surface area (Å²) in [4.78, 5) is 9.91. The van der Waals surface area contributed by atoms with Gasteiger partial charge in [-0.15, -0.1) is 0 Å². The van der Waals surface area contributed by atoms with Crippen molar-refractivity contribution in [1.29, 1.82) is 0 Å². The molecule has 0 bridgehead atoms. The highest BCUT2D eigenvalue weighted by atomic mass is 19.4. The minimum atomic E-state index is -4.52. The summed E-state index contributed by atoms with van der Waals surface area (Å²) in [5, 5.41) is 9.91. The summed E-state index contributed by atoms with van der Waals surface area (Å²) < 4.78 is 35.2. The first-order valence-corrected chi connectivity index (χ1v) is 2.87. The Morgan fingerprint density at radius 1 is 1.55 bits per heavy atom. The summed E-state index contributed by atoms with van der Waals surface area (Å²) >= 11 is 0. The fourth-order valence-electron chi connectivity index (χ4n) is 0.432. The van der Waals surface area contributed by atoms with Crippen molar-refractivity contribution in [2.75, 3.05) is 0 Å². The lowest BCUT2D eigenvalue weighted by Gasteiger charge is -2.19. The highest BCUT2D eigenvalue weighted by molar-refractivity contribution is 5.69. The largest absolute Gasteiger partial charge is 0.544 e. The molecule has 0 rings (SSSR count). The van der Waals surface area contributed by atoms with Crippen molar-refractivity contribution in [3.63, 3.8) is 0 Å². The Balaban J connectivity index is 4.25. The lowest BCUT2D eigenvalue weighted by atomic mass is 10.0. The monoisotopic (exact) mass is 171 g/mol. The van der Waals surface area contributed by atoms with Crippen molar-refractivity contribution in [3.05, 3.63) is 0 Å². The van der Waals surface area contributed by atoms with Crippen LogP contribution >= 0.6 is 0 Å². The molecule has 0 amide bonds. The van der Waals surface area contributed by atoms with Crippen LogP contribution in [0.3, 0.4) is 0 Å². The number of rotatable bonds is 2. The maximum absolute atomic E-state index is 11.7. The second-order valence-electron chi connectivity index (χ2n) is 2.26. The molecular formula is C5H8F3NO2. The Morgan fingerprint density at radius 2 is 1.91 bits per heavy atom. The fraction of sp³-hybridized carbons (Fsp3) is 0.800. The molecule has 6 heteroatoms. The molecule has 0 aliphatic heterocycles. The molecule has 11 heavy (non-hydrogen) atoms. The van der Waals surface area contributed by atoms with Gasteiger partial charge < -0.3 is 15.6 Å². The summed E-state index contributed by atoms with van der Waals surface area (Å²) in [5.74, 6) is -3.75. The molecule has 3 nitrogen and oxygen atoms in total. The number of carboxylic acid groups (broad SMARTS) is 1. The maximum Gasteiger partial charge on any atom is 0.397 e. The SMILES string of the molecule is C[C@H]([C@@H]([NH3+])C(=O)[O-])C(F)(F)F. The molecule has 0 aromatic heterocycles. The van der Waals surface area contributed by atoms with Crippen LogP contribution in [0.5, 0.6) is 0 Å². The van der Waals surface area contributed by atoms with E-state index in [1.54, 1.807) is 0 Å². The quantitative estimate of drug-likeness (QED) is 0.552. The van der Waals surface area contributed by atoms with Gasteiger partial charge in [0, 0.05) is 0 Å². The zero-order chi connectivity index (χ0) is 9.23. The number of aliphatic carboxylic acids is 1. The number of carbonyl (C=O) groups excluding carboxylic acids is 1. The van der Waals surface area contributed by atoms with Gasteiger partial charge in [-0.1, -0.05) is 0 Å². The Hall–Kier alpha value is -0.780. The maximum atomic E-state index is 11.7. The molecule has 0 aliphatic rings. The minimum absolute atomic E-state index is 0.757. The predicted octanol–water partition coefficient (Wildman–Crippen LogP) is -1.45. The number of hydrogen-bond acceptors (Lipinski definition) is 2. The van der Waals surface area contributed by atoms with E-state index >= 15 is 0 Å². The van der Waals surface area contributed by atoms with Gasteiger partial charge in [-0.05, 0) is 6.92 Å². The number of alkyl halides is 3. The van der Waals surface area contributed by atoms with Gasteiger partial charge in [0.1, 0.15) is 12.0 Å². The van der Waals surface area contributed by atoms with Crippen molar-refractivity contribution in [2.24, 2.45) is 5.92 Å². The molecule has 0 unspecified atom stereocenters. The van der Waals surface area contributed by atoms with E-state index in [2.05, 4.69) is 5.73 Å². The Morgan fingerprint density at radius 3 is 2.00 bits per heavy atom. The number of quaternary nitrogens is 1. The second kappa shape index (κ2) is 3.08. The predicted molar refractivity (Wildman–Crippen MR) is 26.9 cm³/mol. The van der Waals surface area contributed by atoms with E-state index in [0.717, 1.165) is 6.92 Å². The van der Waals surface area contributed by atoms with Crippen LogP contribution in [0.25, 0.3) is 0 Å². The minimum Gasteiger partial charge on any atom is -0.544 e.